The van der Waals surface area contributed by atoms with Gasteiger partial charge >= 0.3 is 0 Å². The lowest BCUT2D eigenvalue weighted by molar-refractivity contribution is 0.399. The second kappa shape index (κ2) is 5.70. The van der Waals surface area contributed by atoms with Gasteiger partial charge in [-0.05, 0) is 43.6 Å². The zero-order chi connectivity index (χ0) is 14.9. The molecule has 1 aliphatic heterocycles. The third kappa shape index (κ3) is 2.71. The molecule has 4 rings (SSSR count). The fourth-order valence-electron chi connectivity index (χ4n) is 3.01. The number of nitrogens with zero attached hydrogens (tertiary/aromatic N) is 3. The van der Waals surface area contributed by atoms with E-state index in [0.717, 1.165) is 28.7 Å². The van der Waals surface area contributed by atoms with Crippen LogP contribution in [0.25, 0.3) is 21.3 Å². The third-order valence-electron chi connectivity index (χ3n) is 4.25. The zero-order valence-corrected chi connectivity index (χ0v) is 13.4. The molecule has 0 radical (unpaired) electrons. The third-order valence-corrected chi connectivity index (χ3v) is 5.23. The predicted octanol–water partition coefficient (Wildman–Crippen LogP) is 3.05. The first kappa shape index (κ1) is 13.7. The summed E-state index contributed by atoms with van der Waals surface area (Å²) < 4.78 is 1.21. The molecule has 0 aliphatic carbocycles. The van der Waals surface area contributed by atoms with E-state index in [4.69, 9.17) is 0 Å². The SMILES string of the molecule is CN1CCC(CNc2nc3ccc(-c4cn[nH]c4)cc3s2)C1. The van der Waals surface area contributed by atoms with Crippen LogP contribution in [0.15, 0.2) is 30.6 Å². The molecule has 22 heavy (non-hydrogen) atoms. The van der Waals surface area contributed by atoms with Crippen molar-refractivity contribution in [3.05, 3.63) is 30.6 Å². The quantitative estimate of drug-likeness (QED) is 0.777. The zero-order valence-electron chi connectivity index (χ0n) is 12.5. The van der Waals surface area contributed by atoms with Gasteiger partial charge in [0.25, 0.3) is 0 Å². The first-order valence-electron chi connectivity index (χ1n) is 7.60. The van der Waals surface area contributed by atoms with Crippen LogP contribution in [-0.2, 0) is 0 Å². The molecule has 1 saturated heterocycles. The van der Waals surface area contributed by atoms with Gasteiger partial charge in [-0.25, -0.2) is 4.98 Å². The van der Waals surface area contributed by atoms with Gasteiger partial charge in [-0.15, -0.1) is 0 Å². The second-order valence-corrected chi connectivity index (χ2v) is 7.02. The smallest absolute Gasteiger partial charge is 0.183 e. The summed E-state index contributed by atoms with van der Waals surface area (Å²) in [4.78, 5) is 7.08. The van der Waals surface area contributed by atoms with Crippen LogP contribution in [0.1, 0.15) is 6.42 Å². The highest BCUT2D eigenvalue weighted by Crippen LogP contribution is 2.30. The fourth-order valence-corrected chi connectivity index (χ4v) is 3.93. The first-order valence-corrected chi connectivity index (χ1v) is 8.42. The van der Waals surface area contributed by atoms with Crippen LogP contribution in [0.4, 0.5) is 5.13 Å². The maximum atomic E-state index is 4.69. The van der Waals surface area contributed by atoms with E-state index in [0.29, 0.717) is 0 Å². The molecule has 0 spiro atoms. The number of likely N-dealkylation sites (tertiary alicyclic amines) is 1. The van der Waals surface area contributed by atoms with Gasteiger partial charge in [-0.3, -0.25) is 5.10 Å². The first-order chi connectivity index (χ1) is 10.8. The van der Waals surface area contributed by atoms with Crippen molar-refractivity contribution >= 4 is 26.7 Å². The Kier molecular flexibility index (Phi) is 3.56. The number of benzene rings is 1. The lowest BCUT2D eigenvalue weighted by atomic mass is 10.1. The number of thiazole rings is 1. The van der Waals surface area contributed by atoms with E-state index in [9.17, 15) is 0 Å². The molecule has 1 aromatic carbocycles. The number of rotatable bonds is 4. The Morgan fingerprint density at radius 2 is 2.36 bits per heavy atom. The van der Waals surface area contributed by atoms with Gasteiger partial charge in [0.15, 0.2) is 5.13 Å². The minimum atomic E-state index is 0.735. The van der Waals surface area contributed by atoms with Gasteiger partial charge in [0, 0.05) is 24.8 Å². The molecule has 3 aromatic rings. The van der Waals surface area contributed by atoms with Gasteiger partial charge in [0.2, 0.25) is 0 Å². The molecule has 5 nitrogen and oxygen atoms in total. The number of nitrogens with one attached hydrogen (secondary N) is 2. The predicted molar refractivity (Wildman–Crippen MR) is 91.3 cm³/mol. The average molecular weight is 313 g/mol. The van der Waals surface area contributed by atoms with E-state index in [-0.39, 0.29) is 0 Å². The van der Waals surface area contributed by atoms with Gasteiger partial charge in [-0.2, -0.15) is 5.10 Å². The summed E-state index contributed by atoms with van der Waals surface area (Å²) in [7, 11) is 2.19. The Labute approximate surface area is 133 Å². The maximum absolute atomic E-state index is 4.69. The summed E-state index contributed by atoms with van der Waals surface area (Å²) in [6.45, 7) is 3.40. The molecule has 114 valence electrons. The van der Waals surface area contributed by atoms with E-state index in [1.54, 1.807) is 11.3 Å². The molecule has 0 saturated carbocycles. The highest BCUT2D eigenvalue weighted by Gasteiger charge is 2.19. The van der Waals surface area contributed by atoms with E-state index >= 15 is 0 Å². The topological polar surface area (TPSA) is 56.8 Å². The fraction of sp³-hybridized carbons (Fsp3) is 0.375. The maximum Gasteiger partial charge on any atom is 0.183 e. The molecule has 1 fully saturated rings. The number of fused-ring (bicyclic) bond motifs is 1. The van der Waals surface area contributed by atoms with Crippen molar-refractivity contribution in [3.63, 3.8) is 0 Å². The van der Waals surface area contributed by atoms with Crippen molar-refractivity contribution in [2.24, 2.45) is 5.92 Å². The van der Waals surface area contributed by atoms with E-state index in [2.05, 4.69) is 50.6 Å². The number of aromatic amines is 1. The van der Waals surface area contributed by atoms with Crippen LogP contribution in [0.2, 0.25) is 0 Å². The van der Waals surface area contributed by atoms with Crippen LogP contribution in [0.3, 0.4) is 0 Å². The molecule has 3 heterocycles. The van der Waals surface area contributed by atoms with Crippen molar-refractivity contribution in [1.29, 1.82) is 0 Å². The Morgan fingerprint density at radius 1 is 1.41 bits per heavy atom. The number of H-pyrrole nitrogens is 1. The Hall–Kier alpha value is -1.92. The molecular formula is C16H19N5S. The highest BCUT2D eigenvalue weighted by atomic mass is 32.1. The minimum absolute atomic E-state index is 0.735. The summed E-state index contributed by atoms with van der Waals surface area (Å²) in [5.74, 6) is 0.735. The normalized spacial score (nSPS) is 19.0. The Balaban J connectivity index is 1.51. The molecule has 6 heteroatoms. The van der Waals surface area contributed by atoms with Crippen molar-refractivity contribution in [1.82, 2.24) is 20.1 Å². The monoisotopic (exact) mass is 313 g/mol. The van der Waals surface area contributed by atoms with Crippen LogP contribution in [0, 0.1) is 5.92 Å². The van der Waals surface area contributed by atoms with Crippen LogP contribution in [-0.4, -0.2) is 46.8 Å². The van der Waals surface area contributed by atoms with Gasteiger partial charge in [-0.1, -0.05) is 17.4 Å². The van der Waals surface area contributed by atoms with E-state index in [1.165, 1.54) is 29.8 Å². The lowest BCUT2D eigenvalue weighted by Crippen LogP contribution is -2.18. The molecule has 1 aliphatic rings. The molecule has 2 N–H and O–H groups in total. The van der Waals surface area contributed by atoms with E-state index in [1.807, 2.05) is 12.4 Å². The minimum Gasteiger partial charge on any atom is -0.361 e. The van der Waals surface area contributed by atoms with Crippen LogP contribution < -0.4 is 5.32 Å². The number of aromatic nitrogens is 3. The standard InChI is InChI=1S/C16H19N5S/c1-21-5-4-11(10-21)7-17-16-20-14-3-2-12(6-15(14)22-16)13-8-18-19-9-13/h2-3,6,8-9,11H,4-5,7,10H2,1H3,(H,17,20)(H,18,19). The van der Waals surface area contributed by atoms with Gasteiger partial charge < -0.3 is 10.2 Å². The van der Waals surface area contributed by atoms with Crippen LogP contribution >= 0.6 is 11.3 Å². The summed E-state index contributed by atoms with van der Waals surface area (Å²) in [5.41, 5.74) is 3.34. The average Bonchev–Trinajstić information content (AvgIpc) is 3.24. The summed E-state index contributed by atoms with van der Waals surface area (Å²) in [6, 6.07) is 6.37. The Bertz CT molecular complexity index is 764. The summed E-state index contributed by atoms with van der Waals surface area (Å²) >= 11 is 1.73. The summed E-state index contributed by atoms with van der Waals surface area (Å²) in [6.07, 6.45) is 5.04. The van der Waals surface area contributed by atoms with Crippen molar-refractivity contribution in [3.8, 4) is 11.1 Å². The van der Waals surface area contributed by atoms with E-state index < -0.39 is 0 Å². The second-order valence-electron chi connectivity index (χ2n) is 5.99. The highest BCUT2D eigenvalue weighted by molar-refractivity contribution is 7.22. The molecular weight excluding hydrogens is 294 g/mol. The van der Waals surface area contributed by atoms with Crippen molar-refractivity contribution in [2.45, 2.75) is 6.42 Å². The van der Waals surface area contributed by atoms with Gasteiger partial charge in [0.05, 0.1) is 16.4 Å². The number of hydrogen-bond acceptors (Lipinski definition) is 5. The lowest BCUT2D eigenvalue weighted by Gasteiger charge is -2.10. The molecule has 2 aromatic heterocycles. The van der Waals surface area contributed by atoms with Crippen molar-refractivity contribution in [2.75, 3.05) is 32.0 Å². The molecule has 1 unspecified atom stereocenters. The number of hydrogen-bond donors (Lipinski definition) is 2. The largest absolute Gasteiger partial charge is 0.361 e. The Morgan fingerprint density at radius 3 is 3.14 bits per heavy atom. The number of anilines is 1. The molecule has 0 amide bonds. The summed E-state index contributed by atoms with van der Waals surface area (Å²) in [5, 5.41) is 11.4. The molecule has 0 bridgehead atoms. The van der Waals surface area contributed by atoms with Gasteiger partial charge in [0.1, 0.15) is 0 Å². The van der Waals surface area contributed by atoms with Crippen LogP contribution in [0.5, 0.6) is 0 Å². The molecule has 1 atom stereocenters. The van der Waals surface area contributed by atoms with Crippen molar-refractivity contribution < 1.29 is 0 Å².